The standard InChI is InChI=1S/C4H8O2.9CH4O/c1-3-6-4(2)5;9*1-2/h3H2,1-2H3;9*2H,1H3. The van der Waals surface area contributed by atoms with Gasteiger partial charge >= 0.3 is 5.97 Å². The fraction of sp³-hybridized carbons (Fsp3) is 0.923. The zero-order valence-electron chi connectivity index (χ0n) is 17.0. The Morgan fingerprint density at radius 3 is 0.667 bits per heavy atom. The number of esters is 1. The zero-order chi connectivity index (χ0) is 23.0. The summed E-state index contributed by atoms with van der Waals surface area (Å²) in [5.74, 6) is -0.211. The van der Waals surface area contributed by atoms with Crippen molar-refractivity contribution in [2.75, 3.05) is 70.6 Å². The van der Waals surface area contributed by atoms with Crippen molar-refractivity contribution in [1.82, 2.24) is 0 Å². The Kier molecular flexibility index (Phi) is 1600. The van der Waals surface area contributed by atoms with Crippen LogP contribution in [0, 0.1) is 0 Å². The maximum absolute atomic E-state index is 9.82. The molecule has 24 heavy (non-hydrogen) atoms. The normalized spacial score (nSPS) is 4.17. The van der Waals surface area contributed by atoms with Gasteiger partial charge < -0.3 is 50.7 Å². The summed E-state index contributed by atoms with van der Waals surface area (Å²) in [6.45, 7) is 3.65. The summed E-state index contributed by atoms with van der Waals surface area (Å²) in [6.07, 6.45) is 0. The lowest BCUT2D eigenvalue weighted by molar-refractivity contribution is -0.140. The maximum Gasteiger partial charge on any atom is 0.302 e. The van der Waals surface area contributed by atoms with Crippen LogP contribution >= 0.6 is 0 Å². The van der Waals surface area contributed by atoms with E-state index in [1.54, 1.807) is 6.92 Å². The highest BCUT2D eigenvalue weighted by Crippen LogP contribution is 1.69. The van der Waals surface area contributed by atoms with Gasteiger partial charge in [0.15, 0.2) is 0 Å². The smallest absolute Gasteiger partial charge is 0.302 e. The largest absolute Gasteiger partial charge is 0.466 e. The molecule has 0 fully saturated rings. The van der Waals surface area contributed by atoms with Gasteiger partial charge in [0.1, 0.15) is 0 Å². The SMILES string of the molecule is CCOC(C)=O.CO.CO.CO.CO.CO.CO.CO.CO.CO. The van der Waals surface area contributed by atoms with Crippen molar-refractivity contribution >= 4 is 5.97 Å². The van der Waals surface area contributed by atoms with Gasteiger partial charge in [0.25, 0.3) is 0 Å². The Hall–Kier alpha value is -0.890. The molecular formula is C13H44O11. The summed E-state index contributed by atoms with van der Waals surface area (Å²) in [5.41, 5.74) is 0. The van der Waals surface area contributed by atoms with Crippen molar-refractivity contribution in [1.29, 1.82) is 0 Å². The predicted octanol–water partition coefficient (Wildman–Crippen LogP) is -2.95. The first-order chi connectivity index (χ1) is 11.8. The summed E-state index contributed by atoms with van der Waals surface area (Å²) >= 11 is 0. The molecule has 0 amide bonds. The fourth-order valence-electron chi connectivity index (χ4n) is 0.203. The summed E-state index contributed by atoms with van der Waals surface area (Å²) in [5, 5.41) is 63.0. The highest BCUT2D eigenvalue weighted by molar-refractivity contribution is 5.65. The molecular weight excluding hydrogens is 332 g/mol. The zero-order valence-corrected chi connectivity index (χ0v) is 17.0. The number of aliphatic hydroxyl groups is 9. The van der Waals surface area contributed by atoms with E-state index in [4.69, 9.17) is 46.0 Å². The average molecular weight is 376 g/mol. The Morgan fingerprint density at radius 2 is 0.667 bits per heavy atom. The highest BCUT2D eigenvalue weighted by Gasteiger charge is 1.81. The lowest BCUT2D eigenvalue weighted by Crippen LogP contribution is -1.95. The van der Waals surface area contributed by atoms with Crippen LogP contribution in [0.5, 0.6) is 0 Å². The molecule has 0 spiro atoms. The second-order valence-corrected chi connectivity index (χ2v) is 0.925. The molecule has 162 valence electrons. The quantitative estimate of drug-likeness (QED) is 0.211. The summed E-state index contributed by atoms with van der Waals surface area (Å²) < 4.78 is 4.40. The number of aliphatic hydroxyl groups excluding tert-OH is 9. The molecule has 0 rings (SSSR count). The van der Waals surface area contributed by atoms with Crippen LogP contribution in [0.3, 0.4) is 0 Å². The number of carbonyl (C=O) groups is 1. The van der Waals surface area contributed by atoms with Crippen molar-refractivity contribution in [2.24, 2.45) is 0 Å². The first-order valence-electron chi connectivity index (χ1n) is 5.93. The first-order valence-corrected chi connectivity index (χ1v) is 5.93. The molecule has 0 aromatic heterocycles. The van der Waals surface area contributed by atoms with E-state index in [1.165, 1.54) is 6.92 Å². The third-order valence-electron chi connectivity index (χ3n) is 0.348. The lowest BCUT2D eigenvalue weighted by atomic mass is 10.8. The van der Waals surface area contributed by atoms with Gasteiger partial charge in [-0.15, -0.1) is 0 Å². The monoisotopic (exact) mass is 376 g/mol. The van der Waals surface area contributed by atoms with E-state index in [0.29, 0.717) is 6.61 Å². The van der Waals surface area contributed by atoms with E-state index in [0.717, 1.165) is 64.0 Å². The van der Waals surface area contributed by atoms with Crippen LogP contribution in [0.1, 0.15) is 13.8 Å². The number of rotatable bonds is 1. The van der Waals surface area contributed by atoms with Gasteiger partial charge in [0.05, 0.1) is 6.61 Å². The molecule has 0 aromatic rings. The van der Waals surface area contributed by atoms with Gasteiger partial charge in [0.2, 0.25) is 0 Å². The molecule has 11 heteroatoms. The van der Waals surface area contributed by atoms with Crippen LogP contribution in [0.25, 0.3) is 0 Å². The topological polar surface area (TPSA) is 208 Å². The minimum atomic E-state index is -0.211. The van der Waals surface area contributed by atoms with Crippen molar-refractivity contribution in [3.05, 3.63) is 0 Å². The van der Waals surface area contributed by atoms with Crippen LogP contribution < -0.4 is 0 Å². The van der Waals surface area contributed by atoms with Crippen LogP contribution in [-0.4, -0.2) is 123 Å². The van der Waals surface area contributed by atoms with E-state index in [9.17, 15) is 4.79 Å². The van der Waals surface area contributed by atoms with Gasteiger partial charge in [-0.25, -0.2) is 0 Å². The molecule has 11 nitrogen and oxygen atoms in total. The summed E-state index contributed by atoms with van der Waals surface area (Å²) in [7, 11) is 9.00. The Balaban J connectivity index is -0.0000000120. The van der Waals surface area contributed by atoms with Crippen LogP contribution in [-0.2, 0) is 9.53 Å². The van der Waals surface area contributed by atoms with Gasteiger partial charge in [0, 0.05) is 70.9 Å². The average Bonchev–Trinajstić information content (AvgIpc) is 2.75. The van der Waals surface area contributed by atoms with Crippen molar-refractivity contribution in [3.63, 3.8) is 0 Å². The molecule has 0 unspecified atom stereocenters. The molecule has 0 aliphatic rings. The second kappa shape index (κ2) is 583. The molecule has 0 aromatic carbocycles. The maximum atomic E-state index is 9.82. The van der Waals surface area contributed by atoms with Crippen LogP contribution in [0.4, 0.5) is 0 Å². The molecule has 0 aliphatic heterocycles. The minimum Gasteiger partial charge on any atom is -0.466 e. The van der Waals surface area contributed by atoms with Gasteiger partial charge in [-0.05, 0) is 6.92 Å². The lowest BCUT2D eigenvalue weighted by Gasteiger charge is -1.89. The van der Waals surface area contributed by atoms with Crippen molar-refractivity contribution in [3.8, 4) is 0 Å². The number of carbonyl (C=O) groups excluding carboxylic acids is 1. The van der Waals surface area contributed by atoms with Gasteiger partial charge in [-0.1, -0.05) is 0 Å². The molecule has 0 saturated heterocycles. The molecule has 9 N–H and O–H groups in total. The van der Waals surface area contributed by atoms with Crippen LogP contribution in [0.2, 0.25) is 0 Å². The van der Waals surface area contributed by atoms with E-state index < -0.39 is 0 Å². The van der Waals surface area contributed by atoms with Crippen molar-refractivity contribution < 1.29 is 55.5 Å². The van der Waals surface area contributed by atoms with E-state index in [2.05, 4.69) is 4.74 Å². The van der Waals surface area contributed by atoms with E-state index in [-0.39, 0.29) is 5.97 Å². The molecule has 0 bridgehead atoms. The first kappa shape index (κ1) is 65.7. The number of ether oxygens (including phenoxy) is 1. The van der Waals surface area contributed by atoms with Gasteiger partial charge in [-0.3, -0.25) is 4.79 Å². The minimum absolute atomic E-state index is 0.211. The highest BCUT2D eigenvalue weighted by atomic mass is 16.5. The van der Waals surface area contributed by atoms with E-state index in [1.807, 2.05) is 0 Å². The molecule has 0 aliphatic carbocycles. The predicted molar refractivity (Wildman–Crippen MR) is 95.6 cm³/mol. The molecule has 0 saturated carbocycles. The van der Waals surface area contributed by atoms with Crippen LogP contribution in [0.15, 0.2) is 0 Å². The molecule has 0 radical (unpaired) electrons. The summed E-state index contributed by atoms with van der Waals surface area (Å²) in [4.78, 5) is 9.82. The Bertz CT molecular complexity index is 67.9. The third kappa shape index (κ3) is 1920. The van der Waals surface area contributed by atoms with Gasteiger partial charge in [-0.2, -0.15) is 0 Å². The fourth-order valence-corrected chi connectivity index (χ4v) is 0.203. The molecule has 0 atom stereocenters. The van der Waals surface area contributed by atoms with Crippen molar-refractivity contribution in [2.45, 2.75) is 13.8 Å². The molecule has 0 heterocycles. The van der Waals surface area contributed by atoms with E-state index >= 15 is 0 Å². The Labute approximate surface area is 147 Å². The third-order valence-corrected chi connectivity index (χ3v) is 0.348. The Morgan fingerprint density at radius 1 is 0.542 bits per heavy atom. The summed E-state index contributed by atoms with van der Waals surface area (Å²) in [6, 6.07) is 0. The second-order valence-electron chi connectivity index (χ2n) is 0.925. The number of hydrogen-bond donors (Lipinski definition) is 9. The number of hydrogen-bond acceptors (Lipinski definition) is 11.